The van der Waals surface area contributed by atoms with Crippen molar-refractivity contribution in [3.63, 3.8) is 0 Å². The molecule has 0 bridgehead atoms. The van der Waals surface area contributed by atoms with Crippen molar-refractivity contribution in [2.75, 3.05) is 11.5 Å². The molecule has 0 saturated heterocycles. The zero-order valence-corrected chi connectivity index (χ0v) is 24.2. The van der Waals surface area contributed by atoms with Crippen molar-refractivity contribution in [2.45, 2.75) is 117 Å². The van der Waals surface area contributed by atoms with E-state index in [1.54, 1.807) is 12.1 Å². The van der Waals surface area contributed by atoms with Crippen LogP contribution in [0.5, 0.6) is 0 Å². The Morgan fingerprint density at radius 1 is 0.632 bits per heavy atom. The molecule has 0 aliphatic rings. The summed E-state index contributed by atoms with van der Waals surface area (Å²) in [7, 11) is 0. The highest BCUT2D eigenvalue weighted by molar-refractivity contribution is 5.92. The molecule has 0 aliphatic heterocycles. The van der Waals surface area contributed by atoms with Crippen LogP contribution in [0.3, 0.4) is 0 Å². The first-order valence-corrected chi connectivity index (χ1v) is 14.1. The molecule has 0 unspecified atom stereocenters. The van der Waals surface area contributed by atoms with Crippen molar-refractivity contribution in [1.82, 2.24) is 0 Å². The Balaban J connectivity index is 1.95. The fourth-order valence-electron chi connectivity index (χ4n) is 5.14. The summed E-state index contributed by atoms with van der Waals surface area (Å²) in [5, 5.41) is 19.4. The van der Waals surface area contributed by atoms with Crippen LogP contribution in [0.25, 0.3) is 0 Å². The topological polar surface area (TPSA) is 127 Å². The van der Waals surface area contributed by atoms with Crippen molar-refractivity contribution < 1.29 is 19.8 Å². The predicted molar refractivity (Wildman–Crippen MR) is 157 cm³/mol. The normalized spacial score (nSPS) is 12.1. The summed E-state index contributed by atoms with van der Waals surface area (Å²) in [6, 6.07) is 7.14. The van der Waals surface area contributed by atoms with Gasteiger partial charge in [0.25, 0.3) is 0 Å². The van der Waals surface area contributed by atoms with Gasteiger partial charge in [0.15, 0.2) is 0 Å². The van der Waals surface area contributed by atoms with Crippen LogP contribution in [0.1, 0.15) is 136 Å². The molecule has 0 saturated carbocycles. The summed E-state index contributed by atoms with van der Waals surface area (Å²) in [6.07, 6.45) is 8.95. The van der Waals surface area contributed by atoms with Crippen LogP contribution in [0.4, 0.5) is 11.4 Å². The largest absolute Gasteiger partial charge is 0.478 e. The average molecular weight is 525 g/mol. The molecule has 6 nitrogen and oxygen atoms in total. The van der Waals surface area contributed by atoms with E-state index < -0.39 is 11.9 Å². The van der Waals surface area contributed by atoms with Gasteiger partial charge in [-0.05, 0) is 83.7 Å². The van der Waals surface area contributed by atoms with Gasteiger partial charge in [0.05, 0.1) is 11.1 Å². The molecule has 2 aromatic rings. The monoisotopic (exact) mass is 524 g/mol. The van der Waals surface area contributed by atoms with Gasteiger partial charge in [-0.3, -0.25) is 0 Å². The van der Waals surface area contributed by atoms with Gasteiger partial charge < -0.3 is 21.7 Å². The van der Waals surface area contributed by atoms with E-state index in [4.69, 9.17) is 11.5 Å². The smallest absolute Gasteiger partial charge is 0.336 e. The van der Waals surface area contributed by atoms with Crippen LogP contribution in [0, 0.1) is 0 Å². The Hall–Kier alpha value is -3.02. The van der Waals surface area contributed by atoms with Crippen molar-refractivity contribution in [1.29, 1.82) is 0 Å². The van der Waals surface area contributed by atoms with Crippen LogP contribution in [0.15, 0.2) is 24.3 Å². The van der Waals surface area contributed by atoms with Crippen LogP contribution >= 0.6 is 0 Å². The minimum absolute atomic E-state index is 0.106. The molecule has 6 N–H and O–H groups in total. The molecular weight excluding hydrogens is 476 g/mol. The minimum Gasteiger partial charge on any atom is -0.478 e. The number of benzene rings is 2. The number of aromatic carboxylic acids is 2. The van der Waals surface area contributed by atoms with Gasteiger partial charge in [0.2, 0.25) is 0 Å². The van der Waals surface area contributed by atoms with Crippen LogP contribution < -0.4 is 11.5 Å². The van der Waals surface area contributed by atoms with E-state index >= 15 is 0 Å². The second-order valence-corrected chi connectivity index (χ2v) is 11.8. The van der Waals surface area contributed by atoms with Gasteiger partial charge in [0.1, 0.15) is 0 Å². The predicted octanol–water partition coefficient (Wildman–Crippen LogP) is 7.75. The number of carboxylic acid groups (broad SMARTS) is 2. The van der Waals surface area contributed by atoms with E-state index in [2.05, 4.69) is 41.5 Å². The molecule has 0 amide bonds. The first-order valence-electron chi connectivity index (χ1n) is 14.1. The van der Waals surface area contributed by atoms with Gasteiger partial charge in [-0.2, -0.15) is 0 Å². The summed E-state index contributed by atoms with van der Waals surface area (Å²) in [5.41, 5.74) is 18.2. The maximum Gasteiger partial charge on any atom is 0.336 e. The molecule has 210 valence electrons. The first-order chi connectivity index (χ1) is 17.8. The van der Waals surface area contributed by atoms with E-state index in [-0.39, 0.29) is 10.8 Å². The number of nitrogens with two attached hydrogens (primary N) is 2. The highest BCUT2D eigenvalue weighted by Gasteiger charge is 2.26. The fourth-order valence-corrected chi connectivity index (χ4v) is 5.14. The molecule has 0 heterocycles. The van der Waals surface area contributed by atoms with E-state index in [1.807, 2.05) is 12.1 Å². The maximum absolute atomic E-state index is 11.8. The second kappa shape index (κ2) is 13.2. The number of hydrogen-bond donors (Lipinski definition) is 4. The number of unbranched alkanes of at least 4 members (excludes halogenated alkanes) is 5. The first kappa shape index (κ1) is 31.2. The second-order valence-electron chi connectivity index (χ2n) is 11.8. The Labute approximate surface area is 228 Å². The molecule has 0 radical (unpaired) electrons. The summed E-state index contributed by atoms with van der Waals surface area (Å²) >= 11 is 0. The van der Waals surface area contributed by atoms with Gasteiger partial charge in [-0.15, -0.1) is 0 Å². The van der Waals surface area contributed by atoms with E-state index in [0.29, 0.717) is 35.3 Å². The van der Waals surface area contributed by atoms with E-state index in [9.17, 15) is 19.8 Å². The standard InChI is InChI=1S/C32H48N2O4/c1-7-31(3,4)25-19-17-23(29(35)36)21(27(25)33)15-13-11-9-10-12-14-16-22-24(30(37)38)18-20-26(28(22)34)32(5,6)8-2/h17-20H,7-16,33-34H2,1-6H3,(H,35,36)(H,37,38). The van der Waals surface area contributed by atoms with Gasteiger partial charge in [0, 0.05) is 11.4 Å². The number of carboxylic acids is 2. The molecule has 38 heavy (non-hydrogen) atoms. The highest BCUT2D eigenvalue weighted by Crippen LogP contribution is 2.36. The summed E-state index contributed by atoms with van der Waals surface area (Å²) in [6.45, 7) is 12.8. The molecule has 0 aromatic heterocycles. The Morgan fingerprint density at radius 3 is 1.24 bits per heavy atom. The zero-order valence-electron chi connectivity index (χ0n) is 24.2. The summed E-state index contributed by atoms with van der Waals surface area (Å²) in [5.74, 6) is -1.86. The lowest BCUT2D eigenvalue weighted by Gasteiger charge is -2.27. The molecule has 0 fully saturated rings. The molecule has 0 spiro atoms. The van der Waals surface area contributed by atoms with Gasteiger partial charge in [-0.1, -0.05) is 79.4 Å². The number of rotatable bonds is 15. The third-order valence-corrected chi connectivity index (χ3v) is 8.50. The van der Waals surface area contributed by atoms with Gasteiger partial charge >= 0.3 is 11.9 Å². The van der Waals surface area contributed by atoms with Crippen molar-refractivity contribution in [2.24, 2.45) is 0 Å². The quantitative estimate of drug-likeness (QED) is 0.139. The van der Waals surface area contributed by atoms with Crippen LogP contribution in [-0.2, 0) is 23.7 Å². The molecular formula is C32H48N2O4. The Bertz CT molecular complexity index is 1050. The Morgan fingerprint density at radius 2 is 0.947 bits per heavy atom. The number of hydrogen-bond acceptors (Lipinski definition) is 4. The third kappa shape index (κ3) is 7.30. The fraction of sp³-hybridized carbons (Fsp3) is 0.562. The van der Waals surface area contributed by atoms with Crippen molar-refractivity contribution in [3.05, 3.63) is 57.6 Å². The lowest BCUT2D eigenvalue weighted by molar-refractivity contribution is 0.0684. The minimum atomic E-state index is -0.932. The summed E-state index contributed by atoms with van der Waals surface area (Å²) < 4.78 is 0. The van der Waals surface area contributed by atoms with E-state index in [0.717, 1.165) is 73.6 Å². The number of anilines is 2. The average Bonchev–Trinajstić information content (AvgIpc) is 2.86. The molecule has 2 rings (SSSR count). The maximum atomic E-state index is 11.8. The lowest BCUT2D eigenvalue weighted by Crippen LogP contribution is -2.20. The van der Waals surface area contributed by atoms with Crippen LogP contribution in [-0.4, -0.2) is 22.2 Å². The van der Waals surface area contributed by atoms with Gasteiger partial charge in [-0.25, -0.2) is 9.59 Å². The Kier molecular flexibility index (Phi) is 10.8. The molecule has 6 heteroatoms. The van der Waals surface area contributed by atoms with Crippen molar-refractivity contribution >= 4 is 23.3 Å². The van der Waals surface area contributed by atoms with Crippen molar-refractivity contribution in [3.8, 4) is 0 Å². The summed E-state index contributed by atoms with van der Waals surface area (Å²) in [4.78, 5) is 23.6. The third-order valence-electron chi connectivity index (χ3n) is 8.50. The number of nitrogen functional groups attached to an aromatic ring is 2. The SMILES string of the molecule is CCC(C)(C)c1ccc(C(=O)O)c(CCCCCCCCc2c(C(=O)O)ccc(C(C)(C)CC)c2N)c1N. The highest BCUT2D eigenvalue weighted by atomic mass is 16.4. The molecule has 0 atom stereocenters. The lowest BCUT2D eigenvalue weighted by atomic mass is 9.79. The molecule has 0 aliphatic carbocycles. The number of carbonyl (C=O) groups is 2. The molecule has 2 aromatic carbocycles. The zero-order chi connectivity index (χ0) is 28.7. The van der Waals surface area contributed by atoms with Crippen LogP contribution in [0.2, 0.25) is 0 Å². The van der Waals surface area contributed by atoms with E-state index in [1.165, 1.54) is 0 Å².